The van der Waals surface area contributed by atoms with Gasteiger partial charge in [0.15, 0.2) is 0 Å². The number of fused-ring (bicyclic) bond motifs is 2. The van der Waals surface area contributed by atoms with Crippen molar-refractivity contribution in [2.45, 2.75) is 52.1 Å². The van der Waals surface area contributed by atoms with Crippen LogP contribution in [0.4, 0.5) is 0 Å². The summed E-state index contributed by atoms with van der Waals surface area (Å²) < 4.78 is 3.51. The molecule has 1 amide bonds. The number of hydrogen-bond acceptors (Lipinski definition) is 3. The van der Waals surface area contributed by atoms with Crippen LogP contribution in [0.2, 0.25) is 0 Å². The molecule has 32 heavy (non-hydrogen) atoms. The lowest BCUT2D eigenvalue weighted by Gasteiger charge is -2.35. The Morgan fingerprint density at radius 3 is 2.69 bits per heavy atom. The van der Waals surface area contributed by atoms with Gasteiger partial charge in [-0.1, -0.05) is 43.3 Å². The summed E-state index contributed by atoms with van der Waals surface area (Å²) in [5, 5.41) is 0.484. The molecule has 1 atom stereocenters. The van der Waals surface area contributed by atoms with Gasteiger partial charge in [0, 0.05) is 25.3 Å². The molecule has 0 aliphatic carbocycles. The van der Waals surface area contributed by atoms with Crippen molar-refractivity contribution in [3.05, 3.63) is 81.9 Å². The standard InChI is InChI=1S/C26H28N4O2/c1-3-20-13-7-8-14-28(20)26(32)22-16-21-24(30(22)17-19-11-5-4-6-12-19)27-23-18(2)10-9-15-29(23)25(21)31/h4-6,9-12,15-16,20H,3,7-8,13-14,17H2,1-2H3/t20-/m1/s1. The van der Waals surface area contributed by atoms with E-state index in [0.717, 1.165) is 43.4 Å². The van der Waals surface area contributed by atoms with Gasteiger partial charge >= 0.3 is 0 Å². The first-order chi connectivity index (χ1) is 15.6. The van der Waals surface area contributed by atoms with E-state index in [2.05, 4.69) is 6.92 Å². The van der Waals surface area contributed by atoms with Crippen LogP contribution in [-0.4, -0.2) is 37.3 Å². The van der Waals surface area contributed by atoms with E-state index in [-0.39, 0.29) is 17.5 Å². The van der Waals surface area contributed by atoms with E-state index in [1.165, 1.54) is 0 Å². The fourth-order valence-corrected chi connectivity index (χ4v) is 4.90. The minimum Gasteiger partial charge on any atom is -0.334 e. The first-order valence-corrected chi connectivity index (χ1v) is 11.4. The Labute approximate surface area is 187 Å². The van der Waals surface area contributed by atoms with E-state index in [4.69, 9.17) is 4.98 Å². The third-order valence-electron chi connectivity index (χ3n) is 6.65. The van der Waals surface area contributed by atoms with Crippen molar-refractivity contribution < 1.29 is 4.79 Å². The molecule has 1 saturated heterocycles. The van der Waals surface area contributed by atoms with Crippen LogP contribution in [0.25, 0.3) is 16.7 Å². The lowest BCUT2D eigenvalue weighted by molar-refractivity contribution is 0.0598. The van der Waals surface area contributed by atoms with Crippen LogP contribution in [0.3, 0.4) is 0 Å². The molecular formula is C26H28N4O2. The van der Waals surface area contributed by atoms with Crippen LogP contribution in [-0.2, 0) is 6.54 Å². The first-order valence-electron chi connectivity index (χ1n) is 11.4. The molecule has 1 fully saturated rings. The molecule has 4 heterocycles. The van der Waals surface area contributed by atoms with Gasteiger partial charge in [-0.15, -0.1) is 0 Å². The van der Waals surface area contributed by atoms with Crippen LogP contribution < -0.4 is 5.56 Å². The molecule has 0 bridgehead atoms. The summed E-state index contributed by atoms with van der Waals surface area (Å²) in [6.07, 6.45) is 5.89. The number of hydrogen-bond donors (Lipinski definition) is 0. The Morgan fingerprint density at radius 2 is 1.91 bits per heavy atom. The summed E-state index contributed by atoms with van der Waals surface area (Å²) in [5.41, 5.74) is 3.59. The predicted molar refractivity (Wildman–Crippen MR) is 126 cm³/mol. The van der Waals surface area contributed by atoms with Gasteiger partial charge < -0.3 is 9.47 Å². The highest BCUT2D eigenvalue weighted by atomic mass is 16.2. The highest BCUT2D eigenvalue weighted by Crippen LogP contribution is 2.25. The van der Waals surface area contributed by atoms with Crippen molar-refractivity contribution in [2.75, 3.05) is 6.54 Å². The second kappa shape index (κ2) is 8.26. The number of pyridine rings is 1. The molecule has 0 unspecified atom stereocenters. The minimum absolute atomic E-state index is 0.00402. The summed E-state index contributed by atoms with van der Waals surface area (Å²) in [4.78, 5) is 34.0. The Balaban J connectivity index is 1.74. The average Bonchev–Trinajstić information content (AvgIpc) is 3.18. The zero-order chi connectivity index (χ0) is 22.2. The molecule has 0 spiro atoms. The van der Waals surface area contributed by atoms with Crippen molar-refractivity contribution in [2.24, 2.45) is 0 Å². The van der Waals surface area contributed by atoms with Gasteiger partial charge in [0.1, 0.15) is 17.0 Å². The van der Waals surface area contributed by atoms with E-state index in [9.17, 15) is 9.59 Å². The van der Waals surface area contributed by atoms with E-state index >= 15 is 0 Å². The van der Waals surface area contributed by atoms with Gasteiger partial charge in [-0.2, -0.15) is 0 Å². The van der Waals surface area contributed by atoms with Crippen LogP contribution in [0, 0.1) is 6.92 Å². The van der Waals surface area contributed by atoms with Crippen LogP contribution in [0.15, 0.2) is 59.5 Å². The quantitative estimate of drug-likeness (QED) is 0.484. The van der Waals surface area contributed by atoms with Gasteiger partial charge in [0.05, 0.1) is 5.39 Å². The largest absolute Gasteiger partial charge is 0.334 e. The van der Waals surface area contributed by atoms with E-state index in [1.54, 1.807) is 16.7 Å². The highest BCUT2D eigenvalue weighted by Gasteiger charge is 2.29. The van der Waals surface area contributed by atoms with E-state index in [1.807, 2.05) is 58.9 Å². The smallest absolute Gasteiger partial charge is 0.270 e. The second-order valence-electron chi connectivity index (χ2n) is 8.70. The number of piperidine rings is 1. The molecule has 6 heteroatoms. The number of rotatable bonds is 4. The summed E-state index contributed by atoms with van der Waals surface area (Å²) in [6.45, 7) is 5.34. The van der Waals surface area contributed by atoms with Crippen molar-refractivity contribution >= 4 is 22.6 Å². The van der Waals surface area contributed by atoms with Crippen molar-refractivity contribution in [1.82, 2.24) is 18.9 Å². The molecule has 5 rings (SSSR count). The normalized spacial score (nSPS) is 16.7. The summed E-state index contributed by atoms with van der Waals surface area (Å²) in [6, 6.07) is 15.8. The number of carbonyl (C=O) groups excluding carboxylic acids is 1. The third-order valence-corrected chi connectivity index (χ3v) is 6.65. The zero-order valence-corrected chi connectivity index (χ0v) is 18.6. The molecule has 1 aliphatic rings. The molecule has 0 saturated carbocycles. The van der Waals surface area contributed by atoms with E-state index in [0.29, 0.717) is 28.9 Å². The SMILES string of the molecule is CC[C@@H]1CCCCN1C(=O)c1cc2c(=O)n3cccc(C)c3nc2n1Cc1ccccc1. The van der Waals surface area contributed by atoms with Crippen molar-refractivity contribution in [1.29, 1.82) is 0 Å². The average molecular weight is 429 g/mol. The van der Waals surface area contributed by atoms with Crippen molar-refractivity contribution in [3.8, 4) is 0 Å². The summed E-state index contributed by atoms with van der Waals surface area (Å²) in [7, 11) is 0. The number of nitrogens with zero attached hydrogens (tertiary/aromatic N) is 4. The molecule has 6 nitrogen and oxygen atoms in total. The molecule has 3 aromatic heterocycles. The molecule has 164 valence electrons. The maximum Gasteiger partial charge on any atom is 0.270 e. The second-order valence-corrected chi connectivity index (χ2v) is 8.70. The Kier molecular flexibility index (Phi) is 5.29. The lowest BCUT2D eigenvalue weighted by Crippen LogP contribution is -2.44. The molecular weight excluding hydrogens is 400 g/mol. The van der Waals surface area contributed by atoms with Gasteiger partial charge in [0.25, 0.3) is 11.5 Å². The number of aromatic nitrogens is 3. The Morgan fingerprint density at radius 1 is 1.09 bits per heavy atom. The Hall–Kier alpha value is -3.41. The van der Waals surface area contributed by atoms with Crippen molar-refractivity contribution in [3.63, 3.8) is 0 Å². The molecule has 1 aromatic carbocycles. The van der Waals surface area contributed by atoms with Crippen LogP contribution >= 0.6 is 0 Å². The number of aryl methyl sites for hydroxylation is 1. The Bertz CT molecular complexity index is 1350. The van der Waals surface area contributed by atoms with Gasteiger partial charge in [-0.3, -0.25) is 14.0 Å². The van der Waals surface area contributed by atoms with Crippen LogP contribution in [0.5, 0.6) is 0 Å². The van der Waals surface area contributed by atoms with Gasteiger partial charge in [0.2, 0.25) is 0 Å². The summed E-state index contributed by atoms with van der Waals surface area (Å²) in [5.74, 6) is -0.00402. The van der Waals surface area contributed by atoms with Crippen LogP contribution in [0.1, 0.15) is 54.2 Å². The first kappa shape index (κ1) is 20.5. The fourth-order valence-electron chi connectivity index (χ4n) is 4.90. The van der Waals surface area contributed by atoms with Gasteiger partial charge in [-0.25, -0.2) is 4.98 Å². The number of carbonyl (C=O) groups is 1. The monoisotopic (exact) mass is 428 g/mol. The minimum atomic E-state index is -0.139. The summed E-state index contributed by atoms with van der Waals surface area (Å²) >= 11 is 0. The zero-order valence-electron chi connectivity index (χ0n) is 18.6. The predicted octanol–water partition coefficient (Wildman–Crippen LogP) is 4.41. The maximum absolute atomic E-state index is 13.8. The van der Waals surface area contributed by atoms with E-state index < -0.39 is 0 Å². The molecule has 0 radical (unpaired) electrons. The topological polar surface area (TPSA) is 59.6 Å². The number of benzene rings is 1. The lowest BCUT2D eigenvalue weighted by atomic mass is 9.99. The number of likely N-dealkylation sites (tertiary alicyclic amines) is 1. The highest BCUT2D eigenvalue weighted by molar-refractivity contribution is 5.98. The van der Waals surface area contributed by atoms with Gasteiger partial charge in [-0.05, 0) is 55.9 Å². The maximum atomic E-state index is 13.8. The third kappa shape index (κ3) is 3.40. The molecule has 0 N–H and O–H groups in total. The molecule has 4 aromatic rings. The molecule has 1 aliphatic heterocycles. The number of amides is 1. The fraction of sp³-hybridized carbons (Fsp3) is 0.346.